The Hall–Kier alpha value is -0.610. The standard InChI is InChI=1S/C24H40O4/c1-14(4-9-22(27)28)18-7-8-19-17-6-5-15-12-16(25)10-11-23(15,2)20(17)13-21(26)24(18,19)3/h14-21,25-26H,4-13H2,1-3H3,(H,27,28)/p-1/t14-,15+,16+,17+,18+,19+,20-,21-,23+,24-/m1/s1. The van der Waals surface area contributed by atoms with Crippen molar-refractivity contribution in [2.75, 3.05) is 0 Å². The number of carboxylic acids is 1. The zero-order valence-electron chi connectivity index (χ0n) is 17.9. The molecule has 0 aromatic rings. The highest BCUT2D eigenvalue weighted by atomic mass is 16.4. The molecule has 4 nitrogen and oxygen atoms in total. The number of aliphatic carboxylic acids is 1. The van der Waals surface area contributed by atoms with Gasteiger partial charge in [-0.3, -0.25) is 0 Å². The van der Waals surface area contributed by atoms with Crippen LogP contribution in [0, 0.1) is 46.3 Å². The molecule has 0 aromatic carbocycles. The summed E-state index contributed by atoms with van der Waals surface area (Å²) in [7, 11) is 0. The molecule has 0 heterocycles. The minimum absolute atomic E-state index is 0.0795. The molecule has 28 heavy (non-hydrogen) atoms. The molecule has 4 heteroatoms. The van der Waals surface area contributed by atoms with E-state index in [1.807, 2.05) is 0 Å². The first-order chi connectivity index (χ1) is 13.2. The predicted octanol–water partition coefficient (Wildman–Crippen LogP) is 3.14. The number of carboxylic acid groups (broad SMARTS) is 1. The fourth-order valence-corrected chi connectivity index (χ4v) is 8.71. The lowest BCUT2D eigenvalue weighted by Crippen LogP contribution is -2.58. The Morgan fingerprint density at radius 3 is 2.54 bits per heavy atom. The van der Waals surface area contributed by atoms with Gasteiger partial charge in [0.25, 0.3) is 0 Å². The zero-order valence-corrected chi connectivity index (χ0v) is 17.9. The van der Waals surface area contributed by atoms with Gasteiger partial charge in [0.2, 0.25) is 0 Å². The van der Waals surface area contributed by atoms with Crippen LogP contribution in [0.3, 0.4) is 0 Å². The molecule has 4 saturated carbocycles. The van der Waals surface area contributed by atoms with E-state index >= 15 is 0 Å². The molecule has 0 spiro atoms. The van der Waals surface area contributed by atoms with Gasteiger partial charge in [-0.15, -0.1) is 0 Å². The summed E-state index contributed by atoms with van der Waals surface area (Å²) in [5.74, 6) is 2.19. The van der Waals surface area contributed by atoms with E-state index in [4.69, 9.17) is 0 Å². The second kappa shape index (κ2) is 7.27. The highest BCUT2D eigenvalue weighted by Crippen LogP contribution is 2.68. The summed E-state index contributed by atoms with van der Waals surface area (Å²) in [4.78, 5) is 10.9. The summed E-state index contributed by atoms with van der Waals surface area (Å²) in [5, 5.41) is 32.6. The van der Waals surface area contributed by atoms with E-state index < -0.39 is 5.97 Å². The molecule has 0 amide bonds. The molecule has 0 radical (unpaired) electrons. The molecule has 0 aromatic heterocycles. The Labute approximate surface area is 170 Å². The van der Waals surface area contributed by atoms with Crippen molar-refractivity contribution in [2.45, 2.75) is 97.2 Å². The van der Waals surface area contributed by atoms with Crippen LogP contribution in [0.25, 0.3) is 0 Å². The first kappa shape index (κ1) is 20.7. The third kappa shape index (κ3) is 3.05. The van der Waals surface area contributed by atoms with E-state index in [-0.39, 0.29) is 29.5 Å². The van der Waals surface area contributed by atoms with Crippen molar-refractivity contribution in [3.8, 4) is 0 Å². The molecule has 4 aliphatic carbocycles. The molecule has 160 valence electrons. The van der Waals surface area contributed by atoms with Crippen LogP contribution in [-0.2, 0) is 4.79 Å². The molecule has 0 aliphatic heterocycles. The summed E-state index contributed by atoms with van der Waals surface area (Å²) >= 11 is 0. The van der Waals surface area contributed by atoms with E-state index in [1.165, 1.54) is 19.3 Å². The number of aliphatic hydroxyl groups is 2. The lowest BCUT2D eigenvalue weighted by atomic mass is 9.43. The number of hydrogen-bond donors (Lipinski definition) is 2. The summed E-state index contributed by atoms with van der Waals surface area (Å²) < 4.78 is 0. The van der Waals surface area contributed by atoms with Crippen LogP contribution < -0.4 is 5.11 Å². The molecule has 0 unspecified atom stereocenters. The average Bonchev–Trinajstić information content (AvgIpc) is 3.00. The van der Waals surface area contributed by atoms with Crippen molar-refractivity contribution in [2.24, 2.45) is 46.3 Å². The second-order valence-electron chi connectivity index (χ2n) is 11.3. The van der Waals surface area contributed by atoms with Crippen LogP contribution in [0.2, 0.25) is 0 Å². The van der Waals surface area contributed by atoms with Gasteiger partial charge in [-0.25, -0.2) is 0 Å². The van der Waals surface area contributed by atoms with Crippen LogP contribution in [0.4, 0.5) is 0 Å². The fraction of sp³-hybridized carbons (Fsp3) is 0.958. The van der Waals surface area contributed by atoms with E-state index in [2.05, 4.69) is 20.8 Å². The van der Waals surface area contributed by atoms with Crippen molar-refractivity contribution in [1.29, 1.82) is 0 Å². The number of fused-ring (bicyclic) bond motifs is 5. The summed E-state index contributed by atoms with van der Waals surface area (Å²) in [6.07, 6.45) is 8.98. The number of rotatable bonds is 4. The summed E-state index contributed by atoms with van der Waals surface area (Å²) in [6.45, 7) is 6.94. The third-order valence-electron chi connectivity index (χ3n) is 10.3. The molecule has 0 bridgehead atoms. The topological polar surface area (TPSA) is 80.6 Å². The van der Waals surface area contributed by atoms with E-state index in [0.29, 0.717) is 41.9 Å². The van der Waals surface area contributed by atoms with Gasteiger partial charge >= 0.3 is 0 Å². The van der Waals surface area contributed by atoms with E-state index in [9.17, 15) is 20.1 Å². The summed E-state index contributed by atoms with van der Waals surface area (Å²) in [6, 6.07) is 0. The van der Waals surface area contributed by atoms with Gasteiger partial charge in [0.1, 0.15) is 0 Å². The molecular formula is C24H39O4-. The van der Waals surface area contributed by atoms with Gasteiger partial charge in [-0.1, -0.05) is 20.8 Å². The first-order valence-electron chi connectivity index (χ1n) is 11.7. The molecule has 4 aliphatic rings. The largest absolute Gasteiger partial charge is 0.550 e. The Bertz CT molecular complexity index is 605. The zero-order chi connectivity index (χ0) is 20.3. The van der Waals surface area contributed by atoms with Gasteiger partial charge in [0.15, 0.2) is 0 Å². The molecule has 4 rings (SSSR count). The first-order valence-corrected chi connectivity index (χ1v) is 11.7. The van der Waals surface area contributed by atoms with Crippen molar-refractivity contribution in [1.82, 2.24) is 0 Å². The Kier molecular flexibility index (Phi) is 5.36. The van der Waals surface area contributed by atoms with Crippen molar-refractivity contribution < 1.29 is 20.1 Å². The Morgan fingerprint density at radius 2 is 1.82 bits per heavy atom. The lowest BCUT2D eigenvalue weighted by molar-refractivity contribution is -0.306. The van der Waals surface area contributed by atoms with Crippen LogP contribution in [0.5, 0.6) is 0 Å². The van der Waals surface area contributed by atoms with Gasteiger partial charge in [-0.05, 0) is 111 Å². The summed E-state index contributed by atoms with van der Waals surface area (Å²) in [5.41, 5.74) is 0.188. The van der Waals surface area contributed by atoms with Gasteiger partial charge in [0.05, 0.1) is 12.2 Å². The minimum Gasteiger partial charge on any atom is -0.550 e. The van der Waals surface area contributed by atoms with Crippen LogP contribution >= 0.6 is 0 Å². The maximum absolute atomic E-state index is 11.5. The SMILES string of the molecule is C[C@H](CCC(=O)[O-])[C@@H]1CC[C@H]2[C@@H]3CC[C@H]4C[C@@H](O)CC[C@]4(C)[C@@H]3C[C@@H](O)[C@@]21C. The maximum atomic E-state index is 11.5. The quantitative estimate of drug-likeness (QED) is 0.771. The van der Waals surface area contributed by atoms with Crippen LogP contribution in [0.15, 0.2) is 0 Å². The van der Waals surface area contributed by atoms with Crippen molar-refractivity contribution in [3.05, 3.63) is 0 Å². The highest BCUT2D eigenvalue weighted by Gasteiger charge is 2.63. The molecular weight excluding hydrogens is 352 g/mol. The predicted molar refractivity (Wildman–Crippen MR) is 106 cm³/mol. The number of hydrogen-bond acceptors (Lipinski definition) is 4. The molecule has 0 saturated heterocycles. The number of aliphatic hydroxyl groups excluding tert-OH is 2. The average molecular weight is 392 g/mol. The second-order valence-corrected chi connectivity index (χ2v) is 11.3. The van der Waals surface area contributed by atoms with Gasteiger partial charge in [-0.2, -0.15) is 0 Å². The van der Waals surface area contributed by atoms with Crippen LogP contribution in [0.1, 0.15) is 85.0 Å². The Balaban J connectivity index is 1.56. The normalized spacial score (nSPS) is 51.7. The van der Waals surface area contributed by atoms with Crippen molar-refractivity contribution in [3.63, 3.8) is 0 Å². The van der Waals surface area contributed by atoms with E-state index in [0.717, 1.165) is 32.1 Å². The monoisotopic (exact) mass is 391 g/mol. The van der Waals surface area contributed by atoms with Gasteiger partial charge < -0.3 is 20.1 Å². The van der Waals surface area contributed by atoms with E-state index in [1.54, 1.807) is 0 Å². The smallest absolute Gasteiger partial charge is 0.0602 e. The molecule has 2 N–H and O–H groups in total. The fourth-order valence-electron chi connectivity index (χ4n) is 8.71. The van der Waals surface area contributed by atoms with Crippen LogP contribution in [-0.4, -0.2) is 28.4 Å². The molecule has 10 atom stereocenters. The Morgan fingerprint density at radius 1 is 1.07 bits per heavy atom. The minimum atomic E-state index is -0.957. The molecule has 4 fully saturated rings. The highest BCUT2D eigenvalue weighted by molar-refractivity contribution is 5.64. The maximum Gasteiger partial charge on any atom is 0.0602 e. The van der Waals surface area contributed by atoms with Crippen molar-refractivity contribution >= 4 is 5.97 Å². The number of carbonyl (C=O) groups is 1. The third-order valence-corrected chi connectivity index (χ3v) is 10.3. The number of carbonyl (C=O) groups excluding carboxylic acids is 1. The lowest BCUT2D eigenvalue weighted by Gasteiger charge is -2.62. The van der Waals surface area contributed by atoms with Gasteiger partial charge in [0, 0.05) is 5.97 Å².